The third-order valence-electron chi connectivity index (χ3n) is 4.86. The van der Waals surface area contributed by atoms with E-state index in [1.807, 2.05) is 0 Å². The van der Waals surface area contributed by atoms with Crippen LogP contribution in [0.25, 0.3) is 0 Å². The number of pyridine rings is 1. The van der Waals surface area contributed by atoms with Crippen LogP contribution in [0, 0.1) is 11.8 Å². The average molecular weight is 306 g/mol. The summed E-state index contributed by atoms with van der Waals surface area (Å²) in [5.74, 6) is 1.72. The molecule has 1 aromatic rings. The molecule has 0 aromatic carbocycles. The van der Waals surface area contributed by atoms with Crippen LogP contribution in [0.15, 0.2) is 28.3 Å². The van der Waals surface area contributed by atoms with Crippen LogP contribution in [-0.4, -0.2) is 25.4 Å². The third kappa shape index (κ3) is 2.29. The molecule has 7 heteroatoms. The SMILES string of the molecule is O=S1(=O)NC(=NC2CC3CCC2CC3)Nc2ccncc21. The lowest BCUT2D eigenvalue weighted by Crippen LogP contribution is -2.43. The molecule has 0 amide bonds. The molecule has 2 heterocycles. The molecule has 6 nitrogen and oxygen atoms in total. The summed E-state index contributed by atoms with van der Waals surface area (Å²) in [5.41, 5.74) is 0.545. The van der Waals surface area contributed by atoms with Crippen LogP contribution in [0.2, 0.25) is 0 Å². The van der Waals surface area contributed by atoms with Crippen molar-refractivity contribution in [2.75, 3.05) is 5.32 Å². The minimum Gasteiger partial charge on any atom is -0.324 e. The first-order chi connectivity index (χ1) is 10.1. The number of hydrogen-bond acceptors (Lipinski definition) is 4. The Morgan fingerprint density at radius 1 is 1.24 bits per heavy atom. The first kappa shape index (κ1) is 13.1. The van der Waals surface area contributed by atoms with Gasteiger partial charge in [0.1, 0.15) is 4.90 Å². The third-order valence-corrected chi connectivity index (χ3v) is 6.23. The fourth-order valence-corrected chi connectivity index (χ4v) is 4.83. The second kappa shape index (κ2) is 4.69. The summed E-state index contributed by atoms with van der Waals surface area (Å²) in [5, 5.41) is 3.08. The molecule has 3 fully saturated rings. The van der Waals surface area contributed by atoms with Gasteiger partial charge in [-0.1, -0.05) is 12.8 Å². The van der Waals surface area contributed by atoms with Crippen LogP contribution in [0.5, 0.6) is 0 Å². The highest BCUT2D eigenvalue weighted by Crippen LogP contribution is 2.42. The molecule has 3 aliphatic carbocycles. The van der Waals surface area contributed by atoms with Crippen LogP contribution in [0.4, 0.5) is 5.69 Å². The van der Waals surface area contributed by atoms with Gasteiger partial charge in [-0.2, -0.15) is 0 Å². The van der Waals surface area contributed by atoms with Crippen LogP contribution in [0.3, 0.4) is 0 Å². The van der Waals surface area contributed by atoms with Gasteiger partial charge in [0.05, 0.1) is 11.7 Å². The van der Waals surface area contributed by atoms with E-state index >= 15 is 0 Å². The van der Waals surface area contributed by atoms with Crippen molar-refractivity contribution in [3.05, 3.63) is 18.5 Å². The molecule has 112 valence electrons. The molecule has 2 bridgehead atoms. The largest absolute Gasteiger partial charge is 0.324 e. The molecule has 0 radical (unpaired) electrons. The van der Waals surface area contributed by atoms with Gasteiger partial charge < -0.3 is 5.32 Å². The van der Waals surface area contributed by atoms with Gasteiger partial charge in [-0.3, -0.25) is 4.98 Å². The number of nitrogens with one attached hydrogen (secondary N) is 2. The molecule has 2 N–H and O–H groups in total. The number of fused-ring (bicyclic) bond motifs is 4. The zero-order valence-corrected chi connectivity index (χ0v) is 12.4. The van der Waals surface area contributed by atoms with Crippen molar-refractivity contribution in [2.45, 2.75) is 43.0 Å². The molecule has 5 rings (SSSR count). The van der Waals surface area contributed by atoms with E-state index in [1.54, 1.807) is 12.3 Å². The van der Waals surface area contributed by atoms with E-state index in [-0.39, 0.29) is 10.9 Å². The Kier molecular flexibility index (Phi) is 2.92. The fraction of sp³-hybridized carbons (Fsp3) is 0.571. The molecule has 1 unspecified atom stereocenters. The summed E-state index contributed by atoms with van der Waals surface area (Å²) in [6.45, 7) is 0. The predicted octanol–water partition coefficient (Wildman–Crippen LogP) is 1.72. The van der Waals surface area contributed by atoms with Crippen LogP contribution in [0.1, 0.15) is 32.1 Å². The lowest BCUT2D eigenvalue weighted by Gasteiger charge is -2.40. The van der Waals surface area contributed by atoms with Crippen molar-refractivity contribution in [3.8, 4) is 0 Å². The summed E-state index contributed by atoms with van der Waals surface area (Å²) in [4.78, 5) is 8.71. The second-order valence-corrected chi connectivity index (χ2v) is 7.81. The van der Waals surface area contributed by atoms with Gasteiger partial charge in [0, 0.05) is 12.4 Å². The smallest absolute Gasteiger partial charge is 0.267 e. The number of anilines is 1. The summed E-state index contributed by atoms with van der Waals surface area (Å²) < 4.78 is 27.0. The maximum atomic E-state index is 12.2. The van der Waals surface area contributed by atoms with Crippen LogP contribution in [-0.2, 0) is 10.0 Å². The number of aliphatic imine (C=N–C) groups is 1. The van der Waals surface area contributed by atoms with E-state index in [2.05, 4.69) is 20.0 Å². The Bertz CT molecular complexity index is 693. The minimum absolute atomic E-state index is 0.175. The highest BCUT2D eigenvalue weighted by molar-refractivity contribution is 7.90. The number of aromatic nitrogens is 1. The lowest BCUT2D eigenvalue weighted by molar-refractivity contribution is 0.148. The number of guanidine groups is 1. The van der Waals surface area contributed by atoms with Crippen LogP contribution >= 0.6 is 0 Å². The maximum absolute atomic E-state index is 12.2. The maximum Gasteiger partial charge on any atom is 0.267 e. The van der Waals surface area contributed by atoms with E-state index in [9.17, 15) is 8.42 Å². The number of hydrogen-bond donors (Lipinski definition) is 2. The Morgan fingerprint density at radius 3 is 2.76 bits per heavy atom. The quantitative estimate of drug-likeness (QED) is 0.827. The van der Waals surface area contributed by atoms with Gasteiger partial charge in [0.15, 0.2) is 0 Å². The Hall–Kier alpha value is -1.63. The standard InChI is InChI=1S/C14H18N4O2S/c19-21(20)13-8-15-6-5-11(13)16-14(18-21)17-12-7-9-1-3-10(12)4-2-9/h5-6,8-10,12H,1-4,7H2,(H2,16,17,18). The first-order valence-corrected chi connectivity index (χ1v) is 8.92. The molecule has 0 saturated heterocycles. The zero-order valence-electron chi connectivity index (χ0n) is 11.6. The second-order valence-electron chi connectivity index (χ2n) is 6.16. The number of sulfonamides is 1. The van der Waals surface area contributed by atoms with E-state index in [0.717, 1.165) is 12.3 Å². The first-order valence-electron chi connectivity index (χ1n) is 7.43. The van der Waals surface area contributed by atoms with Gasteiger partial charge in [-0.15, -0.1) is 0 Å². The molecule has 0 spiro atoms. The predicted molar refractivity (Wildman–Crippen MR) is 79.5 cm³/mol. The summed E-state index contributed by atoms with van der Waals surface area (Å²) >= 11 is 0. The average Bonchev–Trinajstić information content (AvgIpc) is 2.48. The molecular weight excluding hydrogens is 288 g/mol. The van der Waals surface area contributed by atoms with Crippen molar-refractivity contribution in [1.29, 1.82) is 0 Å². The van der Waals surface area contributed by atoms with Gasteiger partial charge >= 0.3 is 0 Å². The summed E-state index contributed by atoms with van der Waals surface area (Å²) in [7, 11) is -3.56. The molecule has 1 atom stereocenters. The normalized spacial score (nSPS) is 34.9. The lowest BCUT2D eigenvalue weighted by atomic mass is 9.68. The molecule has 4 aliphatic rings. The monoisotopic (exact) mass is 306 g/mol. The van der Waals surface area contributed by atoms with Crippen molar-refractivity contribution < 1.29 is 8.42 Å². The highest BCUT2D eigenvalue weighted by Gasteiger charge is 2.36. The Balaban J connectivity index is 1.64. The number of nitrogens with zero attached hydrogens (tertiary/aromatic N) is 2. The molecule has 21 heavy (non-hydrogen) atoms. The van der Waals surface area contributed by atoms with Gasteiger partial charge in [0.25, 0.3) is 10.0 Å². The van der Waals surface area contributed by atoms with Gasteiger partial charge in [-0.25, -0.2) is 18.1 Å². The van der Waals surface area contributed by atoms with E-state index in [0.29, 0.717) is 17.6 Å². The number of rotatable bonds is 1. The van der Waals surface area contributed by atoms with Crippen molar-refractivity contribution >= 4 is 21.7 Å². The van der Waals surface area contributed by atoms with Crippen LogP contribution < -0.4 is 10.0 Å². The molecular formula is C14H18N4O2S. The van der Waals surface area contributed by atoms with Gasteiger partial charge in [0.2, 0.25) is 5.96 Å². The van der Waals surface area contributed by atoms with Crippen molar-refractivity contribution in [3.63, 3.8) is 0 Å². The fourth-order valence-electron chi connectivity index (χ4n) is 3.76. The Morgan fingerprint density at radius 2 is 2.05 bits per heavy atom. The van der Waals surface area contributed by atoms with Crippen molar-refractivity contribution in [2.24, 2.45) is 16.8 Å². The molecule has 3 saturated carbocycles. The summed E-state index contributed by atoms with van der Waals surface area (Å²) in [6.07, 6.45) is 9.07. The Labute approximate surface area is 124 Å². The topological polar surface area (TPSA) is 83.5 Å². The summed E-state index contributed by atoms with van der Waals surface area (Å²) in [6, 6.07) is 1.90. The van der Waals surface area contributed by atoms with Crippen molar-refractivity contribution in [1.82, 2.24) is 9.71 Å². The molecule has 1 aliphatic heterocycles. The molecule has 1 aromatic heterocycles. The van der Waals surface area contributed by atoms with E-state index in [4.69, 9.17) is 0 Å². The van der Waals surface area contributed by atoms with E-state index in [1.165, 1.54) is 31.9 Å². The van der Waals surface area contributed by atoms with Gasteiger partial charge in [-0.05, 0) is 37.2 Å². The van der Waals surface area contributed by atoms with E-state index < -0.39 is 10.0 Å². The highest BCUT2D eigenvalue weighted by atomic mass is 32.2. The minimum atomic E-state index is -3.56. The zero-order chi connectivity index (χ0) is 14.4.